The quantitative estimate of drug-likeness (QED) is 0.187. The Morgan fingerprint density at radius 1 is 1.09 bits per heavy atom. The van der Waals surface area contributed by atoms with Gasteiger partial charge in [0.1, 0.15) is 18.8 Å². The van der Waals surface area contributed by atoms with Crippen molar-refractivity contribution in [2.75, 3.05) is 45.9 Å². The number of nitrogens with one attached hydrogen (secondary N) is 2. The molecule has 2 atom stereocenters. The third-order valence-corrected chi connectivity index (χ3v) is 7.75. The van der Waals surface area contributed by atoms with Gasteiger partial charge in [0, 0.05) is 19.6 Å². The molecule has 0 aliphatic carbocycles. The maximum atomic E-state index is 13.9. The molecule has 5 amide bonds. The summed E-state index contributed by atoms with van der Waals surface area (Å²) in [5.41, 5.74) is 3.08. The molecule has 0 saturated carbocycles. The van der Waals surface area contributed by atoms with Crippen LogP contribution in [0, 0.1) is 19.3 Å². The van der Waals surface area contributed by atoms with E-state index in [1.807, 2.05) is 61.5 Å². The van der Waals surface area contributed by atoms with Gasteiger partial charge in [-0.1, -0.05) is 78.7 Å². The van der Waals surface area contributed by atoms with Crippen LogP contribution in [0.3, 0.4) is 0 Å². The number of nitrogens with zero attached hydrogens (tertiary/aromatic N) is 4. The van der Waals surface area contributed by atoms with Crippen LogP contribution < -0.4 is 10.6 Å². The Morgan fingerprint density at radius 2 is 1.85 bits per heavy atom. The van der Waals surface area contributed by atoms with Crippen LogP contribution in [0.4, 0.5) is 9.59 Å². The Kier molecular flexibility index (Phi) is 12.6. The Labute approximate surface area is 270 Å². The zero-order valence-electron chi connectivity index (χ0n) is 26.2. The number of hydrazine groups is 1. The summed E-state index contributed by atoms with van der Waals surface area (Å²) < 4.78 is 10.9. The minimum Gasteiger partial charge on any atom is -0.445 e. The third kappa shape index (κ3) is 9.09. The van der Waals surface area contributed by atoms with E-state index in [1.54, 1.807) is 9.91 Å². The largest absolute Gasteiger partial charge is 0.445 e. The van der Waals surface area contributed by atoms with Crippen molar-refractivity contribution in [2.45, 2.75) is 45.1 Å². The fourth-order valence-corrected chi connectivity index (χ4v) is 5.49. The Morgan fingerprint density at radius 3 is 2.57 bits per heavy atom. The van der Waals surface area contributed by atoms with Gasteiger partial charge in [0.25, 0.3) is 0 Å². The predicted molar refractivity (Wildman–Crippen MR) is 172 cm³/mol. The van der Waals surface area contributed by atoms with Gasteiger partial charge in [-0.3, -0.25) is 9.59 Å². The van der Waals surface area contributed by atoms with Gasteiger partial charge in [0.15, 0.2) is 0 Å². The van der Waals surface area contributed by atoms with E-state index in [1.165, 1.54) is 16.0 Å². The number of alkyl carbamates (subject to hydrolysis) is 1. The van der Waals surface area contributed by atoms with Gasteiger partial charge >= 0.3 is 12.1 Å². The first-order valence-electron chi connectivity index (χ1n) is 15.4. The van der Waals surface area contributed by atoms with Crippen LogP contribution in [-0.2, 0) is 32.2 Å². The molecule has 2 N–H and O–H groups in total. The van der Waals surface area contributed by atoms with E-state index in [-0.39, 0.29) is 70.7 Å². The van der Waals surface area contributed by atoms with E-state index < -0.39 is 24.3 Å². The van der Waals surface area contributed by atoms with E-state index in [4.69, 9.17) is 15.9 Å². The molecule has 2 aromatic rings. The normalized spacial score (nSPS) is 18.0. The second kappa shape index (κ2) is 17.0. The number of terminal acetylenes is 1. The van der Waals surface area contributed by atoms with Crippen molar-refractivity contribution in [1.82, 2.24) is 30.5 Å². The molecule has 0 unspecified atom stereocenters. The van der Waals surface area contributed by atoms with Gasteiger partial charge in [0.2, 0.25) is 11.8 Å². The first-order chi connectivity index (χ1) is 22.3. The molecule has 0 radical (unpaired) electrons. The summed E-state index contributed by atoms with van der Waals surface area (Å²) in [4.78, 5) is 56.2. The highest BCUT2D eigenvalue weighted by Crippen LogP contribution is 2.28. The summed E-state index contributed by atoms with van der Waals surface area (Å²) in [7, 11) is 0. The maximum Gasteiger partial charge on any atom is 0.407 e. The summed E-state index contributed by atoms with van der Waals surface area (Å²) in [5.74, 6) is 2.00. The molecule has 12 nitrogen and oxygen atoms in total. The van der Waals surface area contributed by atoms with Crippen molar-refractivity contribution in [2.24, 2.45) is 0 Å². The van der Waals surface area contributed by atoms with E-state index >= 15 is 0 Å². The molecule has 0 spiro atoms. The summed E-state index contributed by atoms with van der Waals surface area (Å²) in [6.07, 6.45) is 6.37. The number of fused-ring (bicyclic) bond motifs is 1. The summed E-state index contributed by atoms with van der Waals surface area (Å²) in [6, 6.07) is 16.2. The fourth-order valence-electron chi connectivity index (χ4n) is 5.49. The molecule has 4 rings (SSSR count). The van der Waals surface area contributed by atoms with Crippen molar-refractivity contribution < 1.29 is 28.7 Å². The van der Waals surface area contributed by atoms with Crippen LogP contribution in [0.15, 0.2) is 67.3 Å². The molecule has 244 valence electrons. The molecule has 2 saturated heterocycles. The maximum absolute atomic E-state index is 13.9. The SMILES string of the molecule is C#CCN1CC(=O)N2[C@@H](CCCNC(=O)OCC=C)C(=O)N(CCOCc3ccc(C)cc3)C[C@@H]2N1C(=O)NCc1ccccc1. The molecule has 12 heteroatoms. The fraction of sp³-hybridized carbons (Fsp3) is 0.412. The number of urea groups is 1. The average Bonchev–Trinajstić information content (AvgIpc) is 3.05. The van der Waals surface area contributed by atoms with Gasteiger partial charge < -0.3 is 29.9 Å². The number of carbonyl (C=O) groups is 4. The topological polar surface area (TPSA) is 124 Å². The van der Waals surface area contributed by atoms with Crippen LogP contribution in [0.5, 0.6) is 0 Å². The molecule has 2 heterocycles. The van der Waals surface area contributed by atoms with Gasteiger partial charge in [-0.2, -0.15) is 5.01 Å². The number of piperazine rings is 1. The lowest BCUT2D eigenvalue weighted by Gasteiger charge is -2.55. The van der Waals surface area contributed by atoms with E-state index in [0.717, 1.165) is 16.7 Å². The Balaban J connectivity index is 1.51. The van der Waals surface area contributed by atoms with Crippen LogP contribution in [0.1, 0.15) is 29.5 Å². The Hall–Kier alpha value is -4.86. The van der Waals surface area contributed by atoms with Gasteiger partial charge in [-0.15, -0.1) is 6.42 Å². The molecular formula is C34H42N6O6. The van der Waals surface area contributed by atoms with Crippen LogP contribution in [0.25, 0.3) is 0 Å². The second-order valence-corrected chi connectivity index (χ2v) is 11.1. The highest BCUT2D eigenvalue weighted by Gasteiger charge is 2.51. The minimum absolute atomic E-state index is 0.0316. The van der Waals surface area contributed by atoms with E-state index in [9.17, 15) is 19.2 Å². The standard InChI is InChI=1S/C34H42N6O6/c1-4-18-38-24-31(41)39-29(12-9-17-35-34(44)46-20-5-2)32(42)37(19-21-45-25-28-15-13-26(3)14-16-28)23-30(39)40(38)33(43)36-22-27-10-7-6-8-11-27/h1,5-8,10-11,13-16,29-30H,2,9,12,17-25H2,3H3,(H,35,44)(H,36,43)/t29-,30-/m0/s1. The van der Waals surface area contributed by atoms with Crippen LogP contribution in [-0.4, -0.2) is 102 Å². The van der Waals surface area contributed by atoms with Crippen molar-refractivity contribution >= 4 is 23.9 Å². The number of benzene rings is 2. The number of hydrogen-bond donors (Lipinski definition) is 2. The molecule has 46 heavy (non-hydrogen) atoms. The summed E-state index contributed by atoms with van der Waals surface area (Å²) in [6.45, 7) is 6.99. The lowest BCUT2D eigenvalue weighted by atomic mass is 10.0. The van der Waals surface area contributed by atoms with Gasteiger partial charge in [-0.05, 0) is 30.9 Å². The minimum atomic E-state index is -0.855. The van der Waals surface area contributed by atoms with Crippen LogP contribution >= 0.6 is 0 Å². The highest BCUT2D eigenvalue weighted by atomic mass is 16.5. The zero-order chi connectivity index (χ0) is 32.9. The number of ether oxygens (including phenoxy) is 2. The zero-order valence-corrected chi connectivity index (χ0v) is 26.2. The van der Waals surface area contributed by atoms with Crippen molar-refractivity contribution in [1.29, 1.82) is 0 Å². The molecule has 0 aromatic heterocycles. The van der Waals surface area contributed by atoms with Crippen molar-refractivity contribution in [3.05, 3.63) is 83.9 Å². The molecule has 2 aromatic carbocycles. The van der Waals surface area contributed by atoms with E-state index in [2.05, 4.69) is 23.1 Å². The smallest absolute Gasteiger partial charge is 0.407 e. The van der Waals surface area contributed by atoms with Crippen molar-refractivity contribution in [3.63, 3.8) is 0 Å². The molecule has 2 fully saturated rings. The third-order valence-electron chi connectivity index (χ3n) is 7.75. The van der Waals surface area contributed by atoms with E-state index in [0.29, 0.717) is 13.0 Å². The first kappa shape index (κ1) is 34.0. The highest BCUT2D eigenvalue weighted by molar-refractivity contribution is 5.91. The van der Waals surface area contributed by atoms with Gasteiger partial charge in [-0.25, -0.2) is 14.6 Å². The average molecular weight is 631 g/mol. The number of carbonyl (C=O) groups excluding carboxylic acids is 4. The lowest BCUT2D eigenvalue weighted by Crippen LogP contribution is -2.76. The first-order valence-corrected chi connectivity index (χ1v) is 15.4. The number of hydrogen-bond acceptors (Lipinski definition) is 7. The lowest BCUT2D eigenvalue weighted by molar-refractivity contribution is -0.189. The Bertz CT molecular complexity index is 1400. The molecule has 2 aliphatic heterocycles. The summed E-state index contributed by atoms with van der Waals surface area (Å²) in [5, 5.41) is 8.60. The second-order valence-electron chi connectivity index (χ2n) is 11.1. The number of amides is 5. The monoisotopic (exact) mass is 630 g/mol. The van der Waals surface area contributed by atoms with Crippen LogP contribution in [0.2, 0.25) is 0 Å². The number of aryl methyl sites for hydroxylation is 1. The molecular weight excluding hydrogens is 588 g/mol. The predicted octanol–water partition coefficient (Wildman–Crippen LogP) is 2.65. The number of rotatable bonds is 14. The molecule has 2 aliphatic rings. The molecule has 0 bridgehead atoms. The summed E-state index contributed by atoms with van der Waals surface area (Å²) >= 11 is 0. The van der Waals surface area contributed by atoms with Crippen molar-refractivity contribution in [3.8, 4) is 12.3 Å². The van der Waals surface area contributed by atoms with Gasteiger partial charge in [0.05, 0.1) is 32.8 Å².